The molecule has 2 rings (SSSR count). The molecule has 0 saturated heterocycles. The molecule has 27 heavy (non-hydrogen) atoms. The van der Waals surface area contributed by atoms with Crippen molar-refractivity contribution in [1.82, 2.24) is 0 Å². The SMILES string of the molecule is CC(C)(C)N=Cc1ccccc1[O-].CC(C)(C)N=Cc1ccccc1[O-].[Fe+2]. The van der Waals surface area contributed by atoms with E-state index in [0.717, 1.165) is 0 Å². The van der Waals surface area contributed by atoms with Crippen LogP contribution < -0.4 is 10.2 Å². The van der Waals surface area contributed by atoms with Gasteiger partial charge in [-0.15, -0.1) is 11.5 Å². The van der Waals surface area contributed by atoms with Crippen LogP contribution in [-0.4, -0.2) is 23.5 Å². The van der Waals surface area contributed by atoms with Gasteiger partial charge >= 0.3 is 17.1 Å². The van der Waals surface area contributed by atoms with E-state index in [4.69, 9.17) is 0 Å². The quantitative estimate of drug-likeness (QED) is 0.558. The summed E-state index contributed by atoms with van der Waals surface area (Å²) >= 11 is 0. The fraction of sp³-hybridized carbons (Fsp3) is 0.364. The summed E-state index contributed by atoms with van der Waals surface area (Å²) in [6.45, 7) is 12.0. The Kier molecular flexibility index (Phi) is 10.1. The van der Waals surface area contributed by atoms with E-state index in [2.05, 4.69) is 9.98 Å². The number of nitrogens with zero attached hydrogens (tertiary/aromatic N) is 2. The van der Waals surface area contributed by atoms with Crippen molar-refractivity contribution in [2.75, 3.05) is 0 Å². The van der Waals surface area contributed by atoms with Crippen LogP contribution >= 0.6 is 0 Å². The van der Waals surface area contributed by atoms with Gasteiger partial charge in [0.15, 0.2) is 0 Å². The molecule has 2 aromatic rings. The van der Waals surface area contributed by atoms with E-state index >= 15 is 0 Å². The number of hydrogen-bond donors (Lipinski definition) is 0. The molecule has 0 N–H and O–H groups in total. The molecule has 0 amide bonds. The average molecular weight is 408 g/mol. The van der Waals surface area contributed by atoms with E-state index in [-0.39, 0.29) is 39.6 Å². The Labute approximate surface area is 173 Å². The zero-order chi connectivity index (χ0) is 19.8. The Morgan fingerprint density at radius 1 is 0.630 bits per heavy atom. The molecule has 0 saturated carbocycles. The van der Waals surface area contributed by atoms with Crippen molar-refractivity contribution in [1.29, 1.82) is 0 Å². The molecule has 5 heteroatoms. The standard InChI is InChI=1S/2C11H15NO.Fe/c2*1-11(2,3)12-8-9-6-4-5-7-10(9)13;/h2*4-8,13H,1-3H3;/q;;+2/p-2. The summed E-state index contributed by atoms with van der Waals surface area (Å²) in [5, 5.41) is 22.5. The molecule has 0 aliphatic carbocycles. The van der Waals surface area contributed by atoms with Crippen molar-refractivity contribution in [3.8, 4) is 11.5 Å². The molecule has 2 aromatic carbocycles. The molecule has 0 spiro atoms. The van der Waals surface area contributed by atoms with Gasteiger partial charge in [-0.2, -0.15) is 0 Å². The second kappa shape index (κ2) is 10.9. The molecule has 0 fully saturated rings. The van der Waals surface area contributed by atoms with Crippen LogP contribution in [0.4, 0.5) is 0 Å². The minimum atomic E-state index is -0.123. The van der Waals surface area contributed by atoms with E-state index in [0.29, 0.717) is 11.1 Å². The topological polar surface area (TPSA) is 70.8 Å². The Hall–Kier alpha value is -2.10. The molecule has 0 unspecified atom stereocenters. The average Bonchev–Trinajstić information content (AvgIpc) is 2.52. The molecule has 0 aromatic heterocycles. The second-order valence-corrected chi connectivity index (χ2v) is 7.93. The molecular weight excluding hydrogens is 380 g/mol. The summed E-state index contributed by atoms with van der Waals surface area (Å²) in [7, 11) is 0. The fourth-order valence-corrected chi connectivity index (χ4v) is 1.70. The van der Waals surface area contributed by atoms with E-state index in [1.165, 1.54) is 0 Å². The van der Waals surface area contributed by atoms with Gasteiger partial charge in [-0.3, -0.25) is 9.98 Å². The second-order valence-electron chi connectivity index (χ2n) is 7.93. The first-order valence-corrected chi connectivity index (χ1v) is 8.60. The molecule has 4 nitrogen and oxygen atoms in total. The van der Waals surface area contributed by atoms with Crippen molar-refractivity contribution in [2.45, 2.75) is 52.6 Å². The van der Waals surface area contributed by atoms with Crippen molar-refractivity contribution in [2.24, 2.45) is 9.98 Å². The van der Waals surface area contributed by atoms with Gasteiger partial charge in [0.05, 0.1) is 11.1 Å². The molecule has 0 radical (unpaired) electrons. The molecular formula is C22H28FeN2O2. The van der Waals surface area contributed by atoms with Crippen LogP contribution in [0.25, 0.3) is 0 Å². The van der Waals surface area contributed by atoms with Crippen LogP contribution in [0.3, 0.4) is 0 Å². The van der Waals surface area contributed by atoms with Crippen LogP contribution in [-0.2, 0) is 17.1 Å². The first-order chi connectivity index (χ1) is 12.0. The molecule has 146 valence electrons. The van der Waals surface area contributed by atoms with Gasteiger partial charge in [-0.05, 0) is 52.7 Å². The Morgan fingerprint density at radius 3 is 1.19 bits per heavy atom. The summed E-state index contributed by atoms with van der Waals surface area (Å²) in [4.78, 5) is 8.53. The van der Waals surface area contributed by atoms with Gasteiger partial charge < -0.3 is 10.2 Å². The third-order valence-electron chi connectivity index (χ3n) is 3.02. The summed E-state index contributed by atoms with van der Waals surface area (Å²) in [5.41, 5.74) is 1.06. The van der Waals surface area contributed by atoms with Gasteiger partial charge in [0, 0.05) is 12.4 Å². The van der Waals surface area contributed by atoms with Crippen molar-refractivity contribution in [3.63, 3.8) is 0 Å². The maximum Gasteiger partial charge on any atom is 2.00 e. The Morgan fingerprint density at radius 2 is 0.926 bits per heavy atom. The minimum absolute atomic E-state index is 0. The van der Waals surface area contributed by atoms with Gasteiger partial charge in [-0.1, -0.05) is 48.5 Å². The van der Waals surface area contributed by atoms with Gasteiger partial charge in [0.1, 0.15) is 0 Å². The predicted octanol–water partition coefficient (Wildman–Crippen LogP) is 3.95. The van der Waals surface area contributed by atoms with E-state index in [1.807, 2.05) is 53.7 Å². The summed E-state index contributed by atoms with van der Waals surface area (Å²) in [6, 6.07) is 13.8. The van der Waals surface area contributed by atoms with Crippen LogP contribution in [0.15, 0.2) is 58.5 Å². The van der Waals surface area contributed by atoms with Gasteiger partial charge in [0.2, 0.25) is 0 Å². The van der Waals surface area contributed by atoms with E-state index in [1.54, 1.807) is 48.8 Å². The first kappa shape index (κ1) is 24.9. The number of hydrogen-bond acceptors (Lipinski definition) is 4. The summed E-state index contributed by atoms with van der Waals surface area (Å²) in [5.74, 6) is 0.0472. The fourth-order valence-electron chi connectivity index (χ4n) is 1.70. The number of rotatable bonds is 2. The molecule has 0 aliphatic rings. The van der Waals surface area contributed by atoms with Crippen molar-refractivity contribution in [3.05, 3.63) is 59.7 Å². The molecule has 0 atom stereocenters. The zero-order valence-corrected chi connectivity index (χ0v) is 17.9. The normalized spacial score (nSPS) is 11.8. The smallest absolute Gasteiger partial charge is 0.872 e. The Bertz CT molecular complexity index is 692. The molecule has 0 bridgehead atoms. The molecule has 0 heterocycles. The van der Waals surface area contributed by atoms with E-state index < -0.39 is 0 Å². The van der Waals surface area contributed by atoms with Gasteiger partial charge in [-0.25, -0.2) is 0 Å². The number of aliphatic imine (C=N–C) groups is 2. The maximum absolute atomic E-state index is 11.2. The number of para-hydroxylation sites is 2. The minimum Gasteiger partial charge on any atom is -0.872 e. The zero-order valence-electron chi connectivity index (χ0n) is 16.8. The summed E-state index contributed by atoms with van der Waals surface area (Å²) in [6.07, 6.45) is 3.28. The van der Waals surface area contributed by atoms with Gasteiger partial charge in [0.25, 0.3) is 0 Å². The predicted molar refractivity (Wildman–Crippen MR) is 106 cm³/mol. The maximum atomic E-state index is 11.2. The largest absolute Gasteiger partial charge is 2.00 e. The van der Waals surface area contributed by atoms with Crippen molar-refractivity contribution < 1.29 is 27.3 Å². The summed E-state index contributed by atoms with van der Waals surface area (Å²) < 4.78 is 0. The third kappa shape index (κ3) is 11.3. The monoisotopic (exact) mass is 408 g/mol. The number of benzene rings is 2. The first-order valence-electron chi connectivity index (χ1n) is 8.60. The van der Waals surface area contributed by atoms with Crippen LogP contribution in [0.1, 0.15) is 52.7 Å². The molecule has 0 aliphatic heterocycles. The van der Waals surface area contributed by atoms with Crippen LogP contribution in [0.2, 0.25) is 0 Å². The van der Waals surface area contributed by atoms with E-state index in [9.17, 15) is 10.2 Å². The third-order valence-corrected chi connectivity index (χ3v) is 3.02. The van der Waals surface area contributed by atoms with Crippen LogP contribution in [0, 0.1) is 0 Å². The van der Waals surface area contributed by atoms with Crippen molar-refractivity contribution >= 4 is 12.4 Å². The van der Waals surface area contributed by atoms with Crippen LogP contribution in [0.5, 0.6) is 11.5 Å². The Balaban J connectivity index is 0.000000483.